The third-order valence-corrected chi connectivity index (χ3v) is 3.44. The van der Waals surface area contributed by atoms with Crippen LogP contribution in [0.25, 0.3) is 0 Å². The second-order valence-corrected chi connectivity index (χ2v) is 5.27. The summed E-state index contributed by atoms with van der Waals surface area (Å²) in [5.41, 5.74) is 7.63. The number of hydrogen-bond acceptors (Lipinski definition) is 3. The first-order valence-corrected chi connectivity index (χ1v) is 7.42. The Morgan fingerprint density at radius 1 is 1.09 bits per heavy atom. The standard InChI is InChI=1S/C18H22N2O2/c1-14(11-19)18(21)20-12-15-7-9-17(10-8-15)22-13-16-5-3-2-4-6-16/h2-10,14H,11-13,19H2,1H3,(H,20,21). The molecule has 22 heavy (non-hydrogen) atoms. The molecule has 116 valence electrons. The van der Waals surface area contributed by atoms with Gasteiger partial charge in [0.1, 0.15) is 12.4 Å². The molecule has 0 aliphatic rings. The van der Waals surface area contributed by atoms with Gasteiger partial charge in [0.15, 0.2) is 0 Å². The molecule has 0 aliphatic heterocycles. The van der Waals surface area contributed by atoms with Crippen molar-refractivity contribution >= 4 is 5.91 Å². The van der Waals surface area contributed by atoms with Gasteiger partial charge < -0.3 is 15.8 Å². The lowest BCUT2D eigenvalue weighted by Gasteiger charge is -2.11. The van der Waals surface area contributed by atoms with E-state index in [9.17, 15) is 4.79 Å². The monoisotopic (exact) mass is 298 g/mol. The van der Waals surface area contributed by atoms with E-state index in [2.05, 4.69) is 5.32 Å². The van der Waals surface area contributed by atoms with Crippen molar-refractivity contribution in [1.82, 2.24) is 5.32 Å². The second kappa shape index (κ2) is 8.20. The maximum Gasteiger partial charge on any atom is 0.224 e. The van der Waals surface area contributed by atoms with Gasteiger partial charge in [-0.05, 0) is 23.3 Å². The fraction of sp³-hybridized carbons (Fsp3) is 0.278. The van der Waals surface area contributed by atoms with Gasteiger partial charge in [-0.1, -0.05) is 49.4 Å². The molecule has 4 nitrogen and oxygen atoms in total. The summed E-state index contributed by atoms with van der Waals surface area (Å²) in [6, 6.07) is 17.8. The predicted octanol–water partition coefficient (Wildman–Crippen LogP) is 2.48. The van der Waals surface area contributed by atoms with E-state index < -0.39 is 0 Å². The molecule has 2 aromatic carbocycles. The molecule has 2 rings (SSSR count). The number of rotatable bonds is 7. The summed E-state index contributed by atoms with van der Waals surface area (Å²) in [4.78, 5) is 11.7. The summed E-state index contributed by atoms with van der Waals surface area (Å²) in [7, 11) is 0. The highest BCUT2D eigenvalue weighted by Gasteiger charge is 2.09. The second-order valence-electron chi connectivity index (χ2n) is 5.27. The molecule has 0 radical (unpaired) electrons. The zero-order valence-electron chi connectivity index (χ0n) is 12.8. The molecule has 2 aromatic rings. The van der Waals surface area contributed by atoms with Gasteiger partial charge in [-0.2, -0.15) is 0 Å². The Morgan fingerprint density at radius 2 is 1.77 bits per heavy atom. The minimum Gasteiger partial charge on any atom is -0.489 e. The number of benzene rings is 2. The highest BCUT2D eigenvalue weighted by molar-refractivity contribution is 5.78. The molecule has 0 saturated heterocycles. The van der Waals surface area contributed by atoms with Gasteiger partial charge in [-0.25, -0.2) is 0 Å². The number of carbonyl (C=O) groups is 1. The molecule has 4 heteroatoms. The number of hydrogen-bond donors (Lipinski definition) is 2. The molecule has 0 saturated carbocycles. The van der Waals surface area contributed by atoms with Crippen LogP contribution in [-0.4, -0.2) is 12.5 Å². The molecule has 0 aromatic heterocycles. The first kappa shape index (κ1) is 16.0. The summed E-state index contributed by atoms with van der Waals surface area (Å²) in [5.74, 6) is 0.634. The molecule has 0 aliphatic carbocycles. The molecule has 1 unspecified atom stereocenters. The van der Waals surface area contributed by atoms with Crippen molar-refractivity contribution in [1.29, 1.82) is 0 Å². The minimum absolute atomic E-state index is 0.0214. The topological polar surface area (TPSA) is 64.4 Å². The maximum atomic E-state index is 11.7. The zero-order chi connectivity index (χ0) is 15.8. The summed E-state index contributed by atoms with van der Waals surface area (Å²) in [6.45, 7) is 3.22. The highest BCUT2D eigenvalue weighted by Crippen LogP contribution is 2.14. The Morgan fingerprint density at radius 3 is 2.41 bits per heavy atom. The lowest BCUT2D eigenvalue weighted by atomic mass is 10.1. The molecule has 3 N–H and O–H groups in total. The van der Waals surface area contributed by atoms with E-state index in [4.69, 9.17) is 10.5 Å². The summed E-state index contributed by atoms with van der Waals surface area (Å²) < 4.78 is 5.72. The van der Waals surface area contributed by atoms with Crippen LogP contribution in [-0.2, 0) is 17.9 Å². The van der Waals surface area contributed by atoms with Crippen LogP contribution in [0, 0.1) is 5.92 Å². The first-order chi connectivity index (χ1) is 10.7. The number of nitrogens with two attached hydrogens (primary N) is 1. The molecule has 0 heterocycles. The fourth-order valence-electron chi connectivity index (χ4n) is 1.91. The van der Waals surface area contributed by atoms with Gasteiger partial charge in [0.05, 0.1) is 0 Å². The highest BCUT2D eigenvalue weighted by atomic mass is 16.5. The third-order valence-electron chi connectivity index (χ3n) is 3.44. The van der Waals surface area contributed by atoms with Crippen LogP contribution in [0.1, 0.15) is 18.1 Å². The van der Waals surface area contributed by atoms with Gasteiger partial charge in [0.2, 0.25) is 5.91 Å². The SMILES string of the molecule is CC(CN)C(=O)NCc1ccc(OCc2ccccc2)cc1. The van der Waals surface area contributed by atoms with Crippen LogP contribution < -0.4 is 15.8 Å². The normalized spacial score (nSPS) is 11.7. The maximum absolute atomic E-state index is 11.7. The van der Waals surface area contributed by atoms with Crippen LogP contribution in [0.15, 0.2) is 54.6 Å². The summed E-state index contributed by atoms with van der Waals surface area (Å²) in [6.07, 6.45) is 0. The number of amides is 1. The van der Waals surface area contributed by atoms with Crippen molar-refractivity contribution < 1.29 is 9.53 Å². The Balaban J connectivity index is 1.81. The van der Waals surface area contributed by atoms with E-state index >= 15 is 0 Å². The van der Waals surface area contributed by atoms with E-state index in [-0.39, 0.29) is 11.8 Å². The molecule has 0 fully saturated rings. The van der Waals surface area contributed by atoms with Gasteiger partial charge >= 0.3 is 0 Å². The Hall–Kier alpha value is -2.33. The van der Waals surface area contributed by atoms with Gasteiger partial charge in [-0.15, -0.1) is 0 Å². The Kier molecular flexibility index (Phi) is 5.98. The molecule has 1 atom stereocenters. The van der Waals surface area contributed by atoms with Crippen molar-refractivity contribution in [3.8, 4) is 5.75 Å². The molecule has 1 amide bonds. The van der Waals surface area contributed by atoms with Crippen LogP contribution in [0.4, 0.5) is 0 Å². The summed E-state index contributed by atoms with van der Waals surface area (Å²) in [5, 5.41) is 2.87. The quantitative estimate of drug-likeness (QED) is 0.825. The van der Waals surface area contributed by atoms with Crippen molar-refractivity contribution in [3.05, 3.63) is 65.7 Å². The number of nitrogens with one attached hydrogen (secondary N) is 1. The van der Waals surface area contributed by atoms with E-state index in [0.717, 1.165) is 16.9 Å². The average molecular weight is 298 g/mol. The van der Waals surface area contributed by atoms with Gasteiger partial charge in [-0.3, -0.25) is 4.79 Å². The van der Waals surface area contributed by atoms with Gasteiger partial charge in [0, 0.05) is 19.0 Å². The predicted molar refractivity (Wildman–Crippen MR) is 87.3 cm³/mol. The largest absolute Gasteiger partial charge is 0.489 e. The summed E-state index contributed by atoms with van der Waals surface area (Å²) >= 11 is 0. The van der Waals surface area contributed by atoms with Gasteiger partial charge in [0.25, 0.3) is 0 Å². The van der Waals surface area contributed by atoms with E-state index in [0.29, 0.717) is 19.7 Å². The number of carbonyl (C=O) groups excluding carboxylic acids is 1. The molecular weight excluding hydrogens is 276 g/mol. The molecule has 0 spiro atoms. The van der Waals surface area contributed by atoms with Crippen LogP contribution in [0.3, 0.4) is 0 Å². The fourth-order valence-corrected chi connectivity index (χ4v) is 1.91. The van der Waals surface area contributed by atoms with Crippen LogP contribution in [0.2, 0.25) is 0 Å². The van der Waals surface area contributed by atoms with E-state index in [1.54, 1.807) is 0 Å². The van der Waals surface area contributed by atoms with E-state index in [1.165, 1.54) is 0 Å². The van der Waals surface area contributed by atoms with Crippen LogP contribution >= 0.6 is 0 Å². The lowest BCUT2D eigenvalue weighted by Crippen LogP contribution is -2.32. The average Bonchev–Trinajstić information content (AvgIpc) is 2.59. The Bertz CT molecular complexity index is 582. The minimum atomic E-state index is -0.159. The molecular formula is C18H22N2O2. The smallest absolute Gasteiger partial charge is 0.224 e. The van der Waals surface area contributed by atoms with Crippen molar-refractivity contribution in [2.75, 3.05) is 6.54 Å². The third kappa shape index (κ3) is 4.90. The van der Waals surface area contributed by atoms with Crippen molar-refractivity contribution in [2.45, 2.75) is 20.1 Å². The first-order valence-electron chi connectivity index (χ1n) is 7.42. The lowest BCUT2D eigenvalue weighted by molar-refractivity contribution is -0.124. The molecule has 0 bridgehead atoms. The Labute approximate surface area is 131 Å². The van der Waals surface area contributed by atoms with E-state index in [1.807, 2.05) is 61.5 Å². The zero-order valence-corrected chi connectivity index (χ0v) is 12.8. The van der Waals surface area contributed by atoms with Crippen molar-refractivity contribution in [3.63, 3.8) is 0 Å². The van der Waals surface area contributed by atoms with Crippen LogP contribution in [0.5, 0.6) is 5.75 Å². The van der Waals surface area contributed by atoms with Crippen molar-refractivity contribution in [2.24, 2.45) is 11.7 Å². The number of ether oxygens (including phenoxy) is 1.